The third-order valence-corrected chi connectivity index (χ3v) is 5.67. The molecule has 2 aliphatic rings. The van der Waals surface area contributed by atoms with Gasteiger partial charge in [-0.05, 0) is 75.2 Å². The predicted octanol–water partition coefficient (Wildman–Crippen LogP) is 3.65. The summed E-state index contributed by atoms with van der Waals surface area (Å²) in [6.45, 7) is 4.53. The van der Waals surface area contributed by atoms with Gasteiger partial charge in [-0.1, -0.05) is 6.07 Å². The van der Waals surface area contributed by atoms with Crippen LogP contribution in [0.25, 0.3) is 10.9 Å². The minimum Gasteiger partial charge on any atom is -0.361 e. The van der Waals surface area contributed by atoms with Crippen LogP contribution < -0.4 is 0 Å². The summed E-state index contributed by atoms with van der Waals surface area (Å²) in [5.41, 5.74) is 1.87. The zero-order valence-electron chi connectivity index (χ0n) is 14.3. The van der Waals surface area contributed by atoms with Gasteiger partial charge in [0.25, 0.3) is 5.91 Å². The van der Waals surface area contributed by atoms with E-state index in [0.29, 0.717) is 6.04 Å². The third-order valence-electron chi connectivity index (χ3n) is 5.67. The number of nitrogens with one attached hydrogen (secondary N) is 1. The summed E-state index contributed by atoms with van der Waals surface area (Å²) in [4.78, 5) is 21.0. The molecule has 0 radical (unpaired) electrons. The standard InChI is InChI=1S/C20H27N3O/c24-20(17-7-6-16-8-10-21-19(16)15-17)23-13-2-1-5-18(23)9-14-22-11-3-4-12-22/h6-8,10,15,18,21H,1-5,9,11-14H2. The maximum Gasteiger partial charge on any atom is 0.254 e. The molecular weight excluding hydrogens is 298 g/mol. The van der Waals surface area contributed by atoms with Gasteiger partial charge in [0.1, 0.15) is 0 Å². The number of carbonyl (C=O) groups is 1. The summed E-state index contributed by atoms with van der Waals surface area (Å²) < 4.78 is 0. The molecule has 3 heterocycles. The SMILES string of the molecule is O=C(c1ccc2cc[nH]c2c1)N1CCCCC1CCN1CCCC1. The molecule has 4 rings (SSSR count). The van der Waals surface area contributed by atoms with Crippen molar-refractivity contribution < 1.29 is 4.79 Å². The van der Waals surface area contributed by atoms with Gasteiger partial charge >= 0.3 is 0 Å². The lowest BCUT2D eigenvalue weighted by atomic mass is 9.97. The summed E-state index contributed by atoms with van der Waals surface area (Å²) in [5.74, 6) is 0.206. The first kappa shape index (κ1) is 15.7. The maximum absolute atomic E-state index is 13.1. The average Bonchev–Trinajstić information content (AvgIpc) is 3.30. The van der Waals surface area contributed by atoms with Crippen LogP contribution in [-0.4, -0.2) is 52.9 Å². The molecule has 2 fully saturated rings. The smallest absolute Gasteiger partial charge is 0.254 e. The van der Waals surface area contributed by atoms with Crippen molar-refractivity contribution >= 4 is 16.8 Å². The number of fused-ring (bicyclic) bond motifs is 1. The molecule has 4 heteroatoms. The van der Waals surface area contributed by atoms with Crippen LogP contribution in [-0.2, 0) is 0 Å². The van der Waals surface area contributed by atoms with Crippen molar-refractivity contribution in [3.63, 3.8) is 0 Å². The highest BCUT2D eigenvalue weighted by Gasteiger charge is 2.28. The zero-order chi connectivity index (χ0) is 16.4. The quantitative estimate of drug-likeness (QED) is 0.932. The number of benzene rings is 1. The fourth-order valence-corrected chi connectivity index (χ4v) is 4.25. The number of aromatic nitrogens is 1. The number of piperidine rings is 1. The Bertz CT molecular complexity index is 702. The Kier molecular flexibility index (Phi) is 4.56. The van der Waals surface area contributed by atoms with Crippen LogP contribution in [0.4, 0.5) is 0 Å². The highest BCUT2D eigenvalue weighted by atomic mass is 16.2. The van der Waals surface area contributed by atoms with E-state index in [9.17, 15) is 4.79 Å². The van der Waals surface area contributed by atoms with Crippen LogP contribution in [0, 0.1) is 0 Å². The monoisotopic (exact) mass is 325 g/mol. The molecular formula is C20H27N3O. The Balaban J connectivity index is 1.47. The van der Waals surface area contributed by atoms with Crippen molar-refractivity contribution in [2.45, 2.75) is 44.6 Å². The van der Waals surface area contributed by atoms with Crippen molar-refractivity contribution in [1.29, 1.82) is 0 Å². The van der Waals surface area contributed by atoms with E-state index in [-0.39, 0.29) is 5.91 Å². The average molecular weight is 325 g/mol. The Morgan fingerprint density at radius 3 is 2.79 bits per heavy atom. The van der Waals surface area contributed by atoms with E-state index in [0.717, 1.165) is 48.8 Å². The number of rotatable bonds is 4. The largest absolute Gasteiger partial charge is 0.361 e. The summed E-state index contributed by atoms with van der Waals surface area (Å²) in [6.07, 6.45) is 9.27. The van der Waals surface area contributed by atoms with Crippen LogP contribution in [0.15, 0.2) is 30.5 Å². The van der Waals surface area contributed by atoms with Crippen LogP contribution in [0.1, 0.15) is 48.9 Å². The molecule has 1 unspecified atom stereocenters. The molecule has 2 aromatic rings. The fraction of sp³-hybridized carbons (Fsp3) is 0.550. The minimum absolute atomic E-state index is 0.206. The van der Waals surface area contributed by atoms with E-state index in [1.165, 1.54) is 32.4 Å². The molecule has 0 saturated carbocycles. The lowest BCUT2D eigenvalue weighted by molar-refractivity contribution is 0.0588. The Labute approximate surface area is 143 Å². The van der Waals surface area contributed by atoms with E-state index in [2.05, 4.69) is 14.8 Å². The normalized spacial score (nSPS) is 22.3. The molecule has 0 bridgehead atoms. The molecule has 4 nitrogen and oxygen atoms in total. The number of likely N-dealkylation sites (tertiary alicyclic amines) is 2. The number of carbonyl (C=O) groups excluding carboxylic acids is 1. The number of aromatic amines is 1. The van der Waals surface area contributed by atoms with Gasteiger partial charge in [-0.3, -0.25) is 4.79 Å². The second-order valence-electron chi connectivity index (χ2n) is 7.27. The van der Waals surface area contributed by atoms with Crippen molar-refractivity contribution in [2.24, 2.45) is 0 Å². The van der Waals surface area contributed by atoms with E-state index in [1.807, 2.05) is 30.5 Å². The fourth-order valence-electron chi connectivity index (χ4n) is 4.25. The summed E-state index contributed by atoms with van der Waals surface area (Å²) in [6, 6.07) is 8.48. The third kappa shape index (κ3) is 3.20. The highest BCUT2D eigenvalue weighted by Crippen LogP contribution is 2.24. The molecule has 1 aromatic carbocycles. The number of nitrogens with zero attached hydrogens (tertiary/aromatic N) is 2. The van der Waals surface area contributed by atoms with Crippen LogP contribution in [0.2, 0.25) is 0 Å². The molecule has 2 saturated heterocycles. The van der Waals surface area contributed by atoms with Gasteiger partial charge in [-0.15, -0.1) is 0 Å². The van der Waals surface area contributed by atoms with E-state index >= 15 is 0 Å². The Morgan fingerprint density at radius 1 is 1.08 bits per heavy atom. The first-order chi connectivity index (χ1) is 11.8. The first-order valence-electron chi connectivity index (χ1n) is 9.42. The van der Waals surface area contributed by atoms with Gasteiger partial charge in [-0.25, -0.2) is 0 Å². The molecule has 1 atom stereocenters. The predicted molar refractivity (Wildman–Crippen MR) is 97.3 cm³/mol. The molecule has 1 amide bonds. The second kappa shape index (κ2) is 6.98. The minimum atomic E-state index is 0.206. The molecule has 2 aliphatic heterocycles. The first-order valence-corrected chi connectivity index (χ1v) is 9.42. The molecule has 1 N–H and O–H groups in total. The number of H-pyrrole nitrogens is 1. The molecule has 1 aromatic heterocycles. The van der Waals surface area contributed by atoms with Crippen LogP contribution in [0.5, 0.6) is 0 Å². The topological polar surface area (TPSA) is 39.3 Å². The van der Waals surface area contributed by atoms with Crippen molar-refractivity contribution in [2.75, 3.05) is 26.2 Å². The van der Waals surface area contributed by atoms with E-state index in [1.54, 1.807) is 0 Å². The van der Waals surface area contributed by atoms with Crippen molar-refractivity contribution in [1.82, 2.24) is 14.8 Å². The lowest BCUT2D eigenvalue weighted by Crippen LogP contribution is -2.45. The molecule has 128 valence electrons. The lowest BCUT2D eigenvalue weighted by Gasteiger charge is -2.36. The molecule has 0 spiro atoms. The maximum atomic E-state index is 13.1. The second-order valence-corrected chi connectivity index (χ2v) is 7.27. The summed E-state index contributed by atoms with van der Waals surface area (Å²) in [7, 11) is 0. The van der Waals surface area contributed by atoms with Gasteiger partial charge in [0.2, 0.25) is 0 Å². The van der Waals surface area contributed by atoms with E-state index < -0.39 is 0 Å². The van der Waals surface area contributed by atoms with Gasteiger partial charge in [0, 0.05) is 36.4 Å². The van der Waals surface area contributed by atoms with Crippen LogP contribution >= 0.6 is 0 Å². The van der Waals surface area contributed by atoms with Gasteiger partial charge < -0.3 is 14.8 Å². The van der Waals surface area contributed by atoms with Gasteiger partial charge in [0.05, 0.1) is 0 Å². The Hall–Kier alpha value is -1.81. The van der Waals surface area contributed by atoms with Crippen molar-refractivity contribution in [3.05, 3.63) is 36.0 Å². The summed E-state index contributed by atoms with van der Waals surface area (Å²) >= 11 is 0. The molecule has 0 aliphatic carbocycles. The number of amides is 1. The number of hydrogen-bond donors (Lipinski definition) is 1. The van der Waals surface area contributed by atoms with Crippen LogP contribution in [0.3, 0.4) is 0 Å². The number of hydrogen-bond acceptors (Lipinski definition) is 2. The van der Waals surface area contributed by atoms with Gasteiger partial charge in [0.15, 0.2) is 0 Å². The summed E-state index contributed by atoms with van der Waals surface area (Å²) in [5, 5.41) is 1.16. The molecule has 24 heavy (non-hydrogen) atoms. The van der Waals surface area contributed by atoms with Gasteiger partial charge in [-0.2, -0.15) is 0 Å². The Morgan fingerprint density at radius 2 is 1.92 bits per heavy atom. The van der Waals surface area contributed by atoms with E-state index in [4.69, 9.17) is 0 Å². The zero-order valence-corrected chi connectivity index (χ0v) is 14.3. The van der Waals surface area contributed by atoms with Crippen molar-refractivity contribution in [3.8, 4) is 0 Å². The highest BCUT2D eigenvalue weighted by molar-refractivity contribution is 5.98.